The number of benzene rings is 3. The average molecular weight is 596 g/mol. The Labute approximate surface area is 248 Å². The third kappa shape index (κ3) is 7.49. The lowest BCUT2D eigenvalue weighted by Gasteiger charge is -2.34. The summed E-state index contributed by atoms with van der Waals surface area (Å²) in [5.74, 6) is -0.686. The molecule has 3 aromatic carbocycles. The van der Waals surface area contributed by atoms with Gasteiger partial charge in [-0.15, -0.1) is 0 Å². The molecule has 0 radical (unpaired) electrons. The van der Waals surface area contributed by atoms with Crippen LogP contribution in [0.25, 0.3) is 0 Å². The second-order valence-electron chi connectivity index (χ2n) is 10.7. The average Bonchev–Trinajstić information content (AvgIpc) is 3.47. The van der Waals surface area contributed by atoms with Crippen molar-refractivity contribution in [2.45, 2.75) is 76.4 Å². The Morgan fingerprint density at radius 2 is 1.63 bits per heavy atom. The van der Waals surface area contributed by atoms with Crippen LogP contribution >= 0.6 is 11.6 Å². The minimum atomic E-state index is -4.15. The molecule has 0 aromatic heterocycles. The first-order valence-electron chi connectivity index (χ1n) is 14.1. The maximum atomic E-state index is 14.2. The SMILES string of the molecule is CC[C@@H](C(=O)NC1CCCC1)N(Cc1ccc(C)cc1)C(=O)CN(c1cc(Cl)ccc1C)S(=O)(=O)c1ccccc1. The van der Waals surface area contributed by atoms with Gasteiger partial charge in [-0.3, -0.25) is 13.9 Å². The number of hydrogen-bond acceptors (Lipinski definition) is 4. The van der Waals surface area contributed by atoms with Gasteiger partial charge in [0.15, 0.2) is 0 Å². The third-order valence-corrected chi connectivity index (χ3v) is 9.62. The van der Waals surface area contributed by atoms with Crippen LogP contribution in [0.3, 0.4) is 0 Å². The molecule has 1 N–H and O–H groups in total. The van der Waals surface area contributed by atoms with Gasteiger partial charge in [0.25, 0.3) is 10.0 Å². The van der Waals surface area contributed by atoms with E-state index in [1.807, 2.05) is 38.1 Å². The van der Waals surface area contributed by atoms with E-state index in [0.717, 1.165) is 41.1 Å². The highest BCUT2D eigenvalue weighted by atomic mass is 35.5. The van der Waals surface area contributed by atoms with Crippen molar-refractivity contribution in [3.05, 3.63) is 94.5 Å². The normalized spacial score (nSPS) is 14.4. The number of sulfonamides is 1. The summed E-state index contributed by atoms with van der Waals surface area (Å²) in [7, 11) is -4.15. The molecule has 0 bridgehead atoms. The zero-order valence-corrected chi connectivity index (χ0v) is 25.4. The monoisotopic (exact) mass is 595 g/mol. The van der Waals surface area contributed by atoms with Crippen molar-refractivity contribution >= 4 is 39.1 Å². The summed E-state index contributed by atoms with van der Waals surface area (Å²) in [6, 6.07) is 20.1. The van der Waals surface area contributed by atoms with Gasteiger partial charge < -0.3 is 10.2 Å². The molecule has 41 heavy (non-hydrogen) atoms. The standard InChI is InChI=1S/C32H38ClN3O4S/c1-4-29(32(38)34-27-10-8-9-11-27)35(21-25-17-14-23(2)15-18-25)31(37)22-36(30-20-26(33)19-16-24(30)3)41(39,40)28-12-6-5-7-13-28/h5-7,12-20,27,29H,4,8-11,21-22H2,1-3H3,(H,34,38)/t29-/m0/s1. The predicted molar refractivity (Wildman–Crippen MR) is 163 cm³/mol. The minimum Gasteiger partial charge on any atom is -0.352 e. The highest BCUT2D eigenvalue weighted by Crippen LogP contribution is 2.30. The van der Waals surface area contributed by atoms with Gasteiger partial charge in [0.2, 0.25) is 11.8 Å². The molecule has 0 heterocycles. The van der Waals surface area contributed by atoms with Crippen LogP contribution in [-0.2, 0) is 26.2 Å². The summed E-state index contributed by atoms with van der Waals surface area (Å²) in [4.78, 5) is 29.3. The Balaban J connectivity index is 1.73. The fourth-order valence-electron chi connectivity index (χ4n) is 5.26. The maximum Gasteiger partial charge on any atom is 0.264 e. The molecule has 218 valence electrons. The summed E-state index contributed by atoms with van der Waals surface area (Å²) < 4.78 is 29.1. The molecule has 1 saturated carbocycles. The lowest BCUT2D eigenvalue weighted by atomic mass is 10.1. The molecule has 0 spiro atoms. The van der Waals surface area contributed by atoms with Crippen LogP contribution in [0.2, 0.25) is 5.02 Å². The van der Waals surface area contributed by atoms with E-state index in [2.05, 4.69) is 5.32 Å². The lowest BCUT2D eigenvalue weighted by Crippen LogP contribution is -2.53. The van der Waals surface area contributed by atoms with Crippen LogP contribution in [0.15, 0.2) is 77.7 Å². The second-order valence-corrected chi connectivity index (χ2v) is 13.0. The van der Waals surface area contributed by atoms with Crippen molar-refractivity contribution in [1.82, 2.24) is 10.2 Å². The number of nitrogens with one attached hydrogen (secondary N) is 1. The van der Waals surface area contributed by atoms with Crippen molar-refractivity contribution in [3.63, 3.8) is 0 Å². The molecule has 0 unspecified atom stereocenters. The highest BCUT2D eigenvalue weighted by molar-refractivity contribution is 7.92. The van der Waals surface area contributed by atoms with Crippen LogP contribution < -0.4 is 9.62 Å². The number of nitrogens with zero attached hydrogens (tertiary/aromatic N) is 2. The van der Waals surface area contributed by atoms with E-state index in [9.17, 15) is 18.0 Å². The fraction of sp³-hybridized carbons (Fsp3) is 0.375. The van der Waals surface area contributed by atoms with Gasteiger partial charge in [-0.05, 0) is 68.5 Å². The van der Waals surface area contributed by atoms with Gasteiger partial charge in [-0.1, -0.05) is 85.5 Å². The summed E-state index contributed by atoms with van der Waals surface area (Å²) in [5, 5.41) is 3.49. The quantitative estimate of drug-likeness (QED) is 0.294. The van der Waals surface area contributed by atoms with Crippen molar-refractivity contribution in [2.75, 3.05) is 10.8 Å². The van der Waals surface area contributed by atoms with E-state index in [1.165, 1.54) is 17.0 Å². The molecule has 1 fully saturated rings. The maximum absolute atomic E-state index is 14.2. The summed E-state index contributed by atoms with van der Waals surface area (Å²) in [5.41, 5.74) is 2.90. The predicted octanol–water partition coefficient (Wildman–Crippen LogP) is 6.02. The van der Waals surface area contributed by atoms with E-state index in [4.69, 9.17) is 11.6 Å². The number of aryl methyl sites for hydroxylation is 2. The number of anilines is 1. The molecule has 1 aliphatic rings. The second kappa shape index (κ2) is 13.5. The van der Waals surface area contributed by atoms with E-state index in [0.29, 0.717) is 22.7 Å². The molecule has 1 aliphatic carbocycles. The summed E-state index contributed by atoms with van der Waals surface area (Å²) >= 11 is 6.30. The third-order valence-electron chi connectivity index (χ3n) is 7.61. The van der Waals surface area contributed by atoms with Gasteiger partial charge >= 0.3 is 0 Å². The summed E-state index contributed by atoms with van der Waals surface area (Å²) in [6.07, 6.45) is 4.37. The number of carbonyl (C=O) groups excluding carboxylic acids is 2. The van der Waals surface area contributed by atoms with E-state index in [-0.39, 0.29) is 23.4 Å². The number of carbonyl (C=O) groups is 2. The summed E-state index contributed by atoms with van der Waals surface area (Å²) in [6.45, 7) is 5.31. The van der Waals surface area contributed by atoms with Crippen LogP contribution in [-0.4, -0.2) is 43.8 Å². The largest absolute Gasteiger partial charge is 0.352 e. The van der Waals surface area contributed by atoms with Crippen LogP contribution in [0.5, 0.6) is 0 Å². The van der Waals surface area contributed by atoms with E-state index in [1.54, 1.807) is 43.3 Å². The number of amides is 2. The Kier molecular flexibility index (Phi) is 10.1. The molecule has 0 saturated heterocycles. The Morgan fingerprint density at radius 3 is 2.27 bits per heavy atom. The minimum absolute atomic E-state index is 0.0586. The number of halogens is 1. The Bertz CT molecular complexity index is 1460. The first-order valence-corrected chi connectivity index (χ1v) is 15.9. The van der Waals surface area contributed by atoms with Gasteiger partial charge in [-0.25, -0.2) is 8.42 Å². The van der Waals surface area contributed by atoms with Gasteiger partial charge in [0.1, 0.15) is 12.6 Å². The lowest BCUT2D eigenvalue weighted by molar-refractivity contribution is -0.140. The van der Waals surface area contributed by atoms with Crippen molar-refractivity contribution in [1.29, 1.82) is 0 Å². The first-order chi connectivity index (χ1) is 19.6. The van der Waals surface area contributed by atoms with E-state index >= 15 is 0 Å². The van der Waals surface area contributed by atoms with Crippen LogP contribution in [0.4, 0.5) is 5.69 Å². The van der Waals surface area contributed by atoms with Crippen molar-refractivity contribution < 1.29 is 18.0 Å². The van der Waals surface area contributed by atoms with Crippen LogP contribution in [0.1, 0.15) is 55.7 Å². The zero-order chi connectivity index (χ0) is 29.6. The topological polar surface area (TPSA) is 86.8 Å². The molecular weight excluding hydrogens is 558 g/mol. The van der Waals surface area contributed by atoms with Crippen LogP contribution in [0, 0.1) is 13.8 Å². The molecule has 7 nitrogen and oxygen atoms in total. The van der Waals surface area contributed by atoms with Gasteiger partial charge in [0, 0.05) is 17.6 Å². The molecule has 4 rings (SSSR count). The van der Waals surface area contributed by atoms with Crippen molar-refractivity contribution in [3.8, 4) is 0 Å². The zero-order valence-electron chi connectivity index (χ0n) is 23.8. The van der Waals surface area contributed by atoms with Gasteiger partial charge in [0.05, 0.1) is 10.6 Å². The number of rotatable bonds is 11. The highest BCUT2D eigenvalue weighted by Gasteiger charge is 2.35. The molecule has 3 aromatic rings. The molecule has 0 aliphatic heterocycles. The first kappa shape index (κ1) is 30.6. The molecular formula is C32H38ClN3O4S. The van der Waals surface area contributed by atoms with Gasteiger partial charge in [-0.2, -0.15) is 0 Å². The number of hydrogen-bond donors (Lipinski definition) is 1. The molecule has 2 amide bonds. The fourth-order valence-corrected chi connectivity index (χ4v) is 6.92. The van der Waals surface area contributed by atoms with E-state index < -0.39 is 28.5 Å². The molecule has 9 heteroatoms. The Hall–Kier alpha value is -3.36. The molecule has 1 atom stereocenters. The smallest absolute Gasteiger partial charge is 0.264 e. The van der Waals surface area contributed by atoms with Crippen molar-refractivity contribution in [2.24, 2.45) is 0 Å². The Morgan fingerprint density at radius 1 is 0.976 bits per heavy atom.